The summed E-state index contributed by atoms with van der Waals surface area (Å²) in [7, 11) is 2.08. The Labute approximate surface area is 110 Å². The summed E-state index contributed by atoms with van der Waals surface area (Å²) in [6.45, 7) is 5.66. The van der Waals surface area contributed by atoms with Gasteiger partial charge in [0.05, 0.1) is 10.0 Å². The van der Waals surface area contributed by atoms with E-state index in [4.69, 9.17) is 16.1 Å². The Morgan fingerprint density at radius 3 is 2.65 bits per heavy atom. The van der Waals surface area contributed by atoms with E-state index < -0.39 is 0 Å². The van der Waals surface area contributed by atoms with Crippen LogP contribution in [0.2, 0.25) is 4.34 Å². The van der Waals surface area contributed by atoms with Gasteiger partial charge >= 0.3 is 0 Å². The van der Waals surface area contributed by atoms with Crippen LogP contribution in [0.1, 0.15) is 21.9 Å². The van der Waals surface area contributed by atoms with Gasteiger partial charge in [-0.15, -0.1) is 11.3 Å². The molecule has 3 nitrogen and oxygen atoms in total. The van der Waals surface area contributed by atoms with E-state index in [9.17, 15) is 0 Å². The number of halogens is 1. The third-order valence-corrected chi connectivity index (χ3v) is 3.88. The molecule has 0 fully saturated rings. The molecule has 0 aliphatic heterocycles. The predicted octanol–water partition coefficient (Wildman–Crippen LogP) is 3.64. The second kappa shape index (κ2) is 5.21. The maximum atomic E-state index is 5.91. The highest BCUT2D eigenvalue weighted by atomic mass is 35.5. The smallest absolute Gasteiger partial charge is 0.138 e. The highest BCUT2D eigenvalue weighted by Gasteiger charge is 2.12. The van der Waals surface area contributed by atoms with Gasteiger partial charge in [0.1, 0.15) is 5.76 Å². The molecule has 5 heteroatoms. The van der Waals surface area contributed by atoms with Crippen molar-refractivity contribution < 1.29 is 4.52 Å². The normalized spacial score (nSPS) is 11.4. The molecule has 17 heavy (non-hydrogen) atoms. The van der Waals surface area contributed by atoms with Gasteiger partial charge in [-0.05, 0) is 33.0 Å². The molecule has 0 atom stereocenters. The van der Waals surface area contributed by atoms with Crippen molar-refractivity contribution in [3.8, 4) is 0 Å². The predicted molar refractivity (Wildman–Crippen MR) is 70.5 cm³/mol. The largest absolute Gasteiger partial charge is 0.361 e. The second-order valence-corrected chi connectivity index (χ2v) is 5.98. The zero-order chi connectivity index (χ0) is 12.4. The summed E-state index contributed by atoms with van der Waals surface area (Å²) >= 11 is 7.53. The lowest BCUT2D eigenvalue weighted by atomic mass is 10.2. The van der Waals surface area contributed by atoms with Crippen molar-refractivity contribution >= 4 is 22.9 Å². The number of thiophene rings is 1. The Morgan fingerprint density at radius 1 is 1.35 bits per heavy atom. The Morgan fingerprint density at radius 2 is 2.12 bits per heavy atom. The number of hydrogen-bond donors (Lipinski definition) is 0. The number of aryl methyl sites for hydroxylation is 2. The summed E-state index contributed by atoms with van der Waals surface area (Å²) in [6.07, 6.45) is 0. The molecule has 0 N–H and O–H groups in total. The van der Waals surface area contributed by atoms with Gasteiger partial charge in [0.25, 0.3) is 0 Å². The van der Waals surface area contributed by atoms with E-state index in [0.29, 0.717) is 0 Å². The lowest BCUT2D eigenvalue weighted by Gasteiger charge is -2.15. The van der Waals surface area contributed by atoms with Gasteiger partial charge in [-0.1, -0.05) is 16.8 Å². The van der Waals surface area contributed by atoms with Crippen LogP contribution in [0, 0.1) is 13.8 Å². The van der Waals surface area contributed by atoms with Gasteiger partial charge in [-0.3, -0.25) is 4.90 Å². The molecule has 0 bridgehead atoms. The van der Waals surface area contributed by atoms with E-state index in [1.165, 1.54) is 10.4 Å². The highest BCUT2D eigenvalue weighted by molar-refractivity contribution is 7.16. The first kappa shape index (κ1) is 12.6. The average Bonchev–Trinajstić information content (AvgIpc) is 2.79. The van der Waals surface area contributed by atoms with Crippen molar-refractivity contribution in [2.75, 3.05) is 7.05 Å². The first-order chi connectivity index (χ1) is 8.06. The van der Waals surface area contributed by atoms with Gasteiger partial charge in [-0.25, -0.2) is 0 Å². The quantitative estimate of drug-likeness (QED) is 0.849. The molecule has 2 rings (SSSR count). The van der Waals surface area contributed by atoms with Crippen LogP contribution in [0.25, 0.3) is 0 Å². The van der Waals surface area contributed by atoms with E-state index in [1.807, 2.05) is 19.9 Å². The van der Waals surface area contributed by atoms with Gasteiger partial charge in [0.2, 0.25) is 0 Å². The minimum absolute atomic E-state index is 0.839. The number of nitrogens with zero attached hydrogens (tertiary/aromatic N) is 2. The van der Waals surface area contributed by atoms with Crippen LogP contribution in [0.5, 0.6) is 0 Å². The van der Waals surface area contributed by atoms with Crippen molar-refractivity contribution in [3.05, 3.63) is 38.4 Å². The van der Waals surface area contributed by atoms with E-state index >= 15 is 0 Å². The van der Waals surface area contributed by atoms with E-state index in [0.717, 1.165) is 28.9 Å². The Hall–Kier alpha value is -0.840. The van der Waals surface area contributed by atoms with Crippen LogP contribution in [0.15, 0.2) is 16.7 Å². The molecule has 0 amide bonds. The summed E-state index contributed by atoms with van der Waals surface area (Å²) in [5.74, 6) is 0.901. The molecular formula is C12H15ClN2OS. The molecule has 2 heterocycles. The molecule has 0 spiro atoms. The number of aromatic nitrogens is 1. The maximum Gasteiger partial charge on any atom is 0.138 e. The Bertz CT molecular complexity index is 487. The number of rotatable bonds is 4. The Balaban J connectivity index is 2.00. The molecule has 0 aliphatic rings. The monoisotopic (exact) mass is 270 g/mol. The lowest BCUT2D eigenvalue weighted by Crippen LogP contribution is -2.17. The third kappa shape index (κ3) is 3.09. The van der Waals surface area contributed by atoms with Crippen LogP contribution in [0.4, 0.5) is 0 Å². The van der Waals surface area contributed by atoms with Crippen molar-refractivity contribution in [2.24, 2.45) is 0 Å². The summed E-state index contributed by atoms with van der Waals surface area (Å²) in [4.78, 5) is 3.50. The Kier molecular flexibility index (Phi) is 3.86. The molecule has 0 saturated heterocycles. The second-order valence-electron chi connectivity index (χ2n) is 4.18. The van der Waals surface area contributed by atoms with Crippen LogP contribution in [-0.4, -0.2) is 17.1 Å². The van der Waals surface area contributed by atoms with Crippen LogP contribution >= 0.6 is 22.9 Å². The van der Waals surface area contributed by atoms with E-state index in [-0.39, 0.29) is 0 Å². The zero-order valence-electron chi connectivity index (χ0n) is 10.2. The zero-order valence-corrected chi connectivity index (χ0v) is 11.7. The van der Waals surface area contributed by atoms with Crippen molar-refractivity contribution in [1.29, 1.82) is 0 Å². The molecule has 0 saturated carbocycles. The summed E-state index contributed by atoms with van der Waals surface area (Å²) in [5, 5.41) is 3.96. The summed E-state index contributed by atoms with van der Waals surface area (Å²) < 4.78 is 5.99. The van der Waals surface area contributed by atoms with Crippen molar-refractivity contribution in [3.63, 3.8) is 0 Å². The highest BCUT2D eigenvalue weighted by Crippen LogP contribution is 2.23. The molecule has 0 radical (unpaired) electrons. The topological polar surface area (TPSA) is 29.3 Å². The van der Waals surface area contributed by atoms with Crippen molar-refractivity contribution in [1.82, 2.24) is 10.1 Å². The standard InChI is InChI=1S/C12H15ClN2OS/c1-8-11(9(2)16-14-8)7-15(3)6-10-4-5-12(13)17-10/h4-5H,6-7H2,1-3H3. The molecular weight excluding hydrogens is 256 g/mol. The molecule has 0 aromatic carbocycles. The van der Waals surface area contributed by atoms with Gasteiger partial charge in [0.15, 0.2) is 0 Å². The molecule has 2 aromatic heterocycles. The van der Waals surface area contributed by atoms with Crippen LogP contribution in [-0.2, 0) is 13.1 Å². The molecule has 2 aromatic rings. The van der Waals surface area contributed by atoms with Gasteiger partial charge in [0, 0.05) is 23.5 Å². The minimum atomic E-state index is 0.839. The third-order valence-electron chi connectivity index (χ3n) is 2.66. The first-order valence-corrected chi connectivity index (χ1v) is 6.60. The molecule has 0 aliphatic carbocycles. The van der Waals surface area contributed by atoms with Gasteiger partial charge in [-0.2, -0.15) is 0 Å². The first-order valence-electron chi connectivity index (χ1n) is 5.40. The summed E-state index contributed by atoms with van der Waals surface area (Å²) in [5.41, 5.74) is 2.15. The van der Waals surface area contributed by atoms with Gasteiger partial charge < -0.3 is 4.52 Å². The molecule has 0 unspecified atom stereocenters. The summed E-state index contributed by atoms with van der Waals surface area (Å²) in [6, 6.07) is 4.00. The molecule has 92 valence electrons. The van der Waals surface area contributed by atoms with E-state index in [2.05, 4.69) is 23.2 Å². The minimum Gasteiger partial charge on any atom is -0.361 e. The lowest BCUT2D eigenvalue weighted by molar-refractivity contribution is 0.317. The maximum absolute atomic E-state index is 5.91. The fourth-order valence-corrected chi connectivity index (χ4v) is 2.92. The van der Waals surface area contributed by atoms with Crippen LogP contribution < -0.4 is 0 Å². The number of hydrogen-bond acceptors (Lipinski definition) is 4. The average molecular weight is 271 g/mol. The van der Waals surface area contributed by atoms with Crippen LogP contribution in [0.3, 0.4) is 0 Å². The van der Waals surface area contributed by atoms with Crippen molar-refractivity contribution in [2.45, 2.75) is 26.9 Å². The fourth-order valence-electron chi connectivity index (χ4n) is 1.76. The van der Waals surface area contributed by atoms with E-state index in [1.54, 1.807) is 11.3 Å². The fraction of sp³-hybridized carbons (Fsp3) is 0.417. The SMILES string of the molecule is Cc1noc(C)c1CN(C)Cc1ccc(Cl)s1.